The molecule has 4 nitrogen and oxygen atoms in total. The summed E-state index contributed by atoms with van der Waals surface area (Å²) in [7, 11) is -3.11. The molecule has 0 amide bonds. The van der Waals surface area contributed by atoms with E-state index < -0.39 is 10.0 Å². The van der Waals surface area contributed by atoms with Crippen LogP contribution in [0, 0.1) is 11.8 Å². The van der Waals surface area contributed by atoms with Gasteiger partial charge in [-0.05, 0) is 31.1 Å². The third-order valence-electron chi connectivity index (χ3n) is 3.78. The van der Waals surface area contributed by atoms with E-state index in [1.807, 2.05) is 0 Å². The Labute approximate surface area is 97.5 Å². The molecule has 16 heavy (non-hydrogen) atoms. The number of nitrogens with zero attached hydrogens (tertiary/aromatic N) is 1. The number of fused-ring (bicyclic) bond motifs is 1. The van der Waals surface area contributed by atoms with Crippen LogP contribution in [0.4, 0.5) is 0 Å². The second kappa shape index (κ2) is 4.47. The van der Waals surface area contributed by atoms with Crippen molar-refractivity contribution in [3.63, 3.8) is 0 Å². The van der Waals surface area contributed by atoms with Crippen LogP contribution in [0.25, 0.3) is 0 Å². The summed E-state index contributed by atoms with van der Waals surface area (Å²) >= 11 is 0. The SMILES string of the molecule is C=CCS(=O)(=O)N1C[C@H]2CCC(N)C[C@H]2C1. The number of hydrogen-bond donors (Lipinski definition) is 1. The van der Waals surface area contributed by atoms with E-state index in [-0.39, 0.29) is 11.8 Å². The first-order valence-corrected chi connectivity index (χ1v) is 7.48. The highest BCUT2D eigenvalue weighted by atomic mass is 32.2. The van der Waals surface area contributed by atoms with Crippen LogP contribution in [-0.2, 0) is 10.0 Å². The molecular weight excluding hydrogens is 224 g/mol. The highest BCUT2D eigenvalue weighted by Gasteiger charge is 2.40. The number of hydrogen-bond acceptors (Lipinski definition) is 3. The highest BCUT2D eigenvalue weighted by molar-refractivity contribution is 7.89. The lowest BCUT2D eigenvalue weighted by Crippen LogP contribution is -2.32. The number of nitrogens with two attached hydrogens (primary N) is 1. The molecule has 3 atom stereocenters. The molecule has 1 saturated heterocycles. The predicted octanol–water partition coefficient (Wildman–Crippen LogP) is 0.561. The van der Waals surface area contributed by atoms with Gasteiger partial charge in [0, 0.05) is 19.1 Å². The van der Waals surface area contributed by atoms with E-state index >= 15 is 0 Å². The minimum Gasteiger partial charge on any atom is -0.328 e. The van der Waals surface area contributed by atoms with Gasteiger partial charge in [0.1, 0.15) is 0 Å². The van der Waals surface area contributed by atoms with Gasteiger partial charge < -0.3 is 5.73 Å². The zero-order valence-electron chi connectivity index (χ0n) is 9.51. The Balaban J connectivity index is 2.04. The Morgan fingerprint density at radius 3 is 2.69 bits per heavy atom. The standard InChI is InChI=1S/C11H20N2O2S/c1-2-5-16(14,15)13-7-9-3-4-11(12)6-10(9)8-13/h2,9-11H,1,3-8,12H2/t9-,10+,11?/m1/s1. The zero-order chi connectivity index (χ0) is 11.8. The third-order valence-corrected chi connectivity index (χ3v) is 5.52. The maximum absolute atomic E-state index is 11.9. The van der Waals surface area contributed by atoms with Crippen LogP contribution in [0.1, 0.15) is 19.3 Å². The van der Waals surface area contributed by atoms with Gasteiger partial charge in [0.05, 0.1) is 5.75 Å². The zero-order valence-corrected chi connectivity index (χ0v) is 10.3. The van der Waals surface area contributed by atoms with E-state index in [2.05, 4.69) is 6.58 Å². The van der Waals surface area contributed by atoms with Crippen LogP contribution in [-0.4, -0.2) is 37.6 Å². The van der Waals surface area contributed by atoms with Crippen LogP contribution >= 0.6 is 0 Å². The molecule has 0 radical (unpaired) electrons. The molecule has 2 fully saturated rings. The Morgan fingerprint density at radius 2 is 2.00 bits per heavy atom. The Kier molecular flexibility index (Phi) is 3.37. The van der Waals surface area contributed by atoms with Gasteiger partial charge in [0.15, 0.2) is 0 Å². The van der Waals surface area contributed by atoms with Crippen molar-refractivity contribution in [1.29, 1.82) is 0 Å². The van der Waals surface area contributed by atoms with E-state index in [1.54, 1.807) is 4.31 Å². The monoisotopic (exact) mass is 244 g/mol. The molecule has 0 aromatic carbocycles. The summed E-state index contributed by atoms with van der Waals surface area (Å²) in [6.45, 7) is 4.84. The molecule has 0 aromatic heterocycles. The molecule has 0 bridgehead atoms. The first-order valence-electron chi connectivity index (χ1n) is 5.87. The molecule has 2 N–H and O–H groups in total. The predicted molar refractivity (Wildman–Crippen MR) is 64.4 cm³/mol. The quantitative estimate of drug-likeness (QED) is 0.738. The molecule has 5 heteroatoms. The summed E-state index contributed by atoms with van der Waals surface area (Å²) in [5.74, 6) is 1.06. The summed E-state index contributed by atoms with van der Waals surface area (Å²) in [4.78, 5) is 0. The van der Waals surface area contributed by atoms with Crippen molar-refractivity contribution in [3.05, 3.63) is 12.7 Å². The van der Waals surface area contributed by atoms with E-state index in [0.717, 1.165) is 19.3 Å². The fourth-order valence-electron chi connectivity index (χ4n) is 2.91. The second-order valence-electron chi connectivity index (χ2n) is 4.98. The molecule has 1 unspecified atom stereocenters. The topological polar surface area (TPSA) is 63.4 Å². The van der Waals surface area contributed by atoms with Crippen LogP contribution in [0.3, 0.4) is 0 Å². The molecule has 1 aliphatic carbocycles. The molecule has 2 aliphatic rings. The first kappa shape index (κ1) is 12.1. The largest absolute Gasteiger partial charge is 0.328 e. The van der Waals surface area contributed by atoms with Crippen molar-refractivity contribution in [2.24, 2.45) is 17.6 Å². The van der Waals surface area contributed by atoms with Gasteiger partial charge in [-0.3, -0.25) is 0 Å². The van der Waals surface area contributed by atoms with E-state index in [1.165, 1.54) is 6.08 Å². The average molecular weight is 244 g/mol. The van der Waals surface area contributed by atoms with Crippen molar-refractivity contribution in [1.82, 2.24) is 4.31 Å². The normalized spacial score (nSPS) is 35.9. The van der Waals surface area contributed by atoms with Crippen LogP contribution in [0.5, 0.6) is 0 Å². The summed E-state index contributed by atoms with van der Waals surface area (Å²) in [5.41, 5.74) is 5.92. The van der Waals surface area contributed by atoms with Crippen LogP contribution in [0.2, 0.25) is 0 Å². The second-order valence-corrected chi connectivity index (χ2v) is 6.99. The minimum atomic E-state index is -3.11. The van der Waals surface area contributed by atoms with Gasteiger partial charge >= 0.3 is 0 Å². The van der Waals surface area contributed by atoms with Crippen molar-refractivity contribution in [2.75, 3.05) is 18.8 Å². The summed E-state index contributed by atoms with van der Waals surface area (Å²) < 4.78 is 25.4. The molecule has 0 aromatic rings. The van der Waals surface area contributed by atoms with Gasteiger partial charge in [0.25, 0.3) is 0 Å². The molecule has 1 heterocycles. The first-order chi connectivity index (χ1) is 7.53. The average Bonchev–Trinajstić information content (AvgIpc) is 2.61. The minimum absolute atomic E-state index is 0.0541. The molecule has 1 aliphatic heterocycles. The Hall–Kier alpha value is -0.390. The molecule has 92 valence electrons. The maximum Gasteiger partial charge on any atom is 0.217 e. The van der Waals surface area contributed by atoms with Crippen LogP contribution < -0.4 is 5.73 Å². The summed E-state index contributed by atoms with van der Waals surface area (Å²) in [6.07, 6.45) is 4.55. The third kappa shape index (κ3) is 2.31. The van der Waals surface area contributed by atoms with E-state index in [0.29, 0.717) is 24.9 Å². The smallest absolute Gasteiger partial charge is 0.217 e. The number of sulfonamides is 1. The van der Waals surface area contributed by atoms with Gasteiger partial charge in [-0.25, -0.2) is 12.7 Å². The molecule has 2 rings (SSSR count). The van der Waals surface area contributed by atoms with Crippen molar-refractivity contribution >= 4 is 10.0 Å². The highest BCUT2D eigenvalue weighted by Crippen LogP contribution is 2.36. The van der Waals surface area contributed by atoms with Gasteiger partial charge in [-0.2, -0.15) is 0 Å². The fraction of sp³-hybridized carbons (Fsp3) is 0.818. The maximum atomic E-state index is 11.9. The van der Waals surface area contributed by atoms with Gasteiger partial charge in [-0.15, -0.1) is 6.58 Å². The van der Waals surface area contributed by atoms with E-state index in [9.17, 15) is 8.42 Å². The molecule has 0 spiro atoms. The Morgan fingerprint density at radius 1 is 1.31 bits per heavy atom. The summed E-state index contributed by atoms with van der Waals surface area (Å²) in [5, 5.41) is 0. The lowest BCUT2D eigenvalue weighted by Gasteiger charge is -2.28. The van der Waals surface area contributed by atoms with E-state index in [4.69, 9.17) is 5.73 Å². The molecular formula is C11H20N2O2S. The van der Waals surface area contributed by atoms with Crippen molar-refractivity contribution in [2.45, 2.75) is 25.3 Å². The summed E-state index contributed by atoms with van der Waals surface area (Å²) in [6, 6.07) is 0.267. The lowest BCUT2D eigenvalue weighted by molar-refractivity contribution is 0.271. The van der Waals surface area contributed by atoms with Crippen molar-refractivity contribution in [3.8, 4) is 0 Å². The lowest BCUT2D eigenvalue weighted by atomic mass is 9.79. The number of rotatable bonds is 3. The van der Waals surface area contributed by atoms with Crippen LogP contribution in [0.15, 0.2) is 12.7 Å². The van der Waals surface area contributed by atoms with Crippen molar-refractivity contribution < 1.29 is 8.42 Å². The Bertz CT molecular complexity index is 366. The molecule has 1 saturated carbocycles. The van der Waals surface area contributed by atoms with Gasteiger partial charge in [0.2, 0.25) is 10.0 Å². The fourth-order valence-corrected chi connectivity index (χ4v) is 4.25. The van der Waals surface area contributed by atoms with Gasteiger partial charge in [-0.1, -0.05) is 6.08 Å².